The highest BCUT2D eigenvalue weighted by molar-refractivity contribution is 6.33. The normalized spacial score (nSPS) is 14.6. The lowest BCUT2D eigenvalue weighted by molar-refractivity contribution is -0.137. The van der Waals surface area contributed by atoms with Gasteiger partial charge in [0.2, 0.25) is 0 Å². The second-order valence-corrected chi connectivity index (χ2v) is 9.15. The Bertz CT molecular complexity index is 1050. The number of carbonyl (C=O) groups is 2. The maximum absolute atomic E-state index is 12.7. The zero-order valence-corrected chi connectivity index (χ0v) is 19.1. The molecule has 8 heteroatoms. The highest BCUT2D eigenvalue weighted by atomic mass is 35.5. The van der Waals surface area contributed by atoms with Gasteiger partial charge in [0.25, 0.3) is 0 Å². The molecular formula is C23H28ClNO6. The summed E-state index contributed by atoms with van der Waals surface area (Å²) in [5, 5.41) is 3.54. The van der Waals surface area contributed by atoms with E-state index in [0.29, 0.717) is 30.4 Å². The van der Waals surface area contributed by atoms with Gasteiger partial charge in [0, 0.05) is 17.0 Å². The second-order valence-electron chi connectivity index (χ2n) is 8.74. The number of aryl methyl sites for hydroxylation is 1. The molecule has 1 atom stereocenters. The maximum atomic E-state index is 12.7. The number of fused-ring (bicyclic) bond motifs is 3. The Balaban J connectivity index is 1.85. The largest absolute Gasteiger partial charge is 0.444 e. The fourth-order valence-corrected chi connectivity index (χ4v) is 3.89. The molecule has 1 aliphatic carbocycles. The third kappa shape index (κ3) is 5.58. The van der Waals surface area contributed by atoms with E-state index < -0.39 is 23.7 Å². The van der Waals surface area contributed by atoms with E-state index in [1.54, 1.807) is 26.8 Å². The van der Waals surface area contributed by atoms with Gasteiger partial charge in [-0.15, -0.1) is 0 Å². The van der Waals surface area contributed by atoms with Crippen molar-refractivity contribution < 1.29 is 23.5 Å². The van der Waals surface area contributed by atoms with Crippen LogP contribution in [0.4, 0.5) is 4.79 Å². The van der Waals surface area contributed by atoms with E-state index in [4.69, 9.17) is 25.5 Å². The number of carbonyl (C=O) groups excluding carboxylic acids is 2. The molecule has 0 aliphatic heterocycles. The molecule has 1 amide bonds. The molecule has 1 heterocycles. The van der Waals surface area contributed by atoms with Crippen LogP contribution in [0.3, 0.4) is 0 Å². The number of benzene rings is 1. The van der Waals surface area contributed by atoms with Gasteiger partial charge in [-0.2, -0.15) is 0 Å². The summed E-state index contributed by atoms with van der Waals surface area (Å²) in [6.07, 6.45) is 3.73. The van der Waals surface area contributed by atoms with Gasteiger partial charge in [-0.1, -0.05) is 24.9 Å². The van der Waals surface area contributed by atoms with Crippen molar-refractivity contribution in [3.05, 3.63) is 38.7 Å². The molecule has 0 unspecified atom stereocenters. The monoisotopic (exact) mass is 449 g/mol. The SMILES string of the molecule is CCC[C@@H](NC(=O)OC(C)(C)C)C(=O)Oc1cc2oc(=O)c3c(c2cc1Cl)CCCC3. The van der Waals surface area contributed by atoms with Crippen LogP contribution in [-0.4, -0.2) is 23.7 Å². The molecular weight excluding hydrogens is 422 g/mol. The zero-order valence-electron chi connectivity index (χ0n) is 18.3. The van der Waals surface area contributed by atoms with Gasteiger partial charge in [-0.05, 0) is 64.5 Å². The van der Waals surface area contributed by atoms with Crippen molar-refractivity contribution in [2.24, 2.45) is 0 Å². The molecule has 7 nitrogen and oxygen atoms in total. The summed E-state index contributed by atoms with van der Waals surface area (Å²) in [6.45, 7) is 7.10. The highest BCUT2D eigenvalue weighted by Crippen LogP contribution is 2.34. The maximum Gasteiger partial charge on any atom is 0.408 e. The Morgan fingerprint density at radius 1 is 1.19 bits per heavy atom. The zero-order chi connectivity index (χ0) is 22.8. The molecule has 2 aromatic rings. The predicted molar refractivity (Wildman–Crippen MR) is 118 cm³/mol. The van der Waals surface area contributed by atoms with Gasteiger partial charge >= 0.3 is 17.7 Å². The summed E-state index contributed by atoms with van der Waals surface area (Å²) < 4.78 is 16.2. The predicted octanol–water partition coefficient (Wildman–Crippen LogP) is 4.92. The average Bonchev–Trinajstić information content (AvgIpc) is 2.68. The Labute approximate surface area is 186 Å². The van der Waals surface area contributed by atoms with Crippen LogP contribution in [-0.2, 0) is 22.4 Å². The molecule has 0 fully saturated rings. The number of nitrogens with one attached hydrogen (secondary N) is 1. The first-order valence-corrected chi connectivity index (χ1v) is 11.0. The summed E-state index contributed by atoms with van der Waals surface area (Å²) in [6, 6.07) is 2.23. The van der Waals surface area contributed by atoms with Crippen LogP contribution < -0.4 is 15.7 Å². The summed E-state index contributed by atoms with van der Waals surface area (Å²) in [5.41, 5.74) is 0.919. The molecule has 1 aromatic carbocycles. The van der Waals surface area contributed by atoms with E-state index in [1.165, 1.54) is 6.07 Å². The first-order valence-electron chi connectivity index (χ1n) is 10.6. The molecule has 0 radical (unpaired) electrons. The van der Waals surface area contributed by atoms with E-state index in [2.05, 4.69) is 5.32 Å². The molecule has 1 N–H and O–H groups in total. The fraction of sp³-hybridized carbons (Fsp3) is 0.522. The minimum atomic E-state index is -0.901. The van der Waals surface area contributed by atoms with Crippen molar-refractivity contribution in [3.8, 4) is 5.75 Å². The molecule has 1 aliphatic rings. The van der Waals surface area contributed by atoms with Crippen LogP contribution in [0.5, 0.6) is 5.75 Å². The third-order valence-electron chi connectivity index (χ3n) is 5.04. The highest BCUT2D eigenvalue weighted by Gasteiger charge is 2.27. The number of amides is 1. The van der Waals surface area contributed by atoms with E-state index >= 15 is 0 Å². The second kappa shape index (κ2) is 9.30. The van der Waals surface area contributed by atoms with Crippen molar-refractivity contribution in [2.75, 3.05) is 0 Å². The quantitative estimate of drug-likeness (QED) is 0.395. The summed E-state index contributed by atoms with van der Waals surface area (Å²) in [4.78, 5) is 37.2. The van der Waals surface area contributed by atoms with E-state index in [-0.39, 0.29) is 16.4 Å². The minimum absolute atomic E-state index is 0.0742. The van der Waals surface area contributed by atoms with Crippen LogP contribution in [0.25, 0.3) is 11.0 Å². The average molecular weight is 450 g/mol. The summed E-state index contributed by atoms with van der Waals surface area (Å²) in [5.74, 6) is -0.598. The molecule has 3 rings (SSSR count). The number of esters is 1. The van der Waals surface area contributed by atoms with E-state index in [9.17, 15) is 14.4 Å². The molecule has 168 valence electrons. The summed E-state index contributed by atoms with van der Waals surface area (Å²) in [7, 11) is 0. The Hall–Kier alpha value is -2.54. The standard InChI is InChI=1S/C23H28ClNO6/c1-5-8-17(25-22(28)31-23(2,3)4)21(27)30-19-12-18-15(11-16(19)24)13-9-6-7-10-14(13)20(26)29-18/h11-12,17H,5-10H2,1-4H3,(H,25,28)/t17-/m1/s1. The van der Waals surface area contributed by atoms with Crippen LogP contribution in [0.1, 0.15) is 64.5 Å². The number of rotatable bonds is 5. The molecule has 0 bridgehead atoms. The first kappa shape index (κ1) is 23.1. The minimum Gasteiger partial charge on any atom is -0.444 e. The number of alkyl carbamates (subject to hydrolysis) is 1. The third-order valence-corrected chi connectivity index (χ3v) is 5.33. The van der Waals surface area contributed by atoms with Gasteiger partial charge in [-0.3, -0.25) is 0 Å². The van der Waals surface area contributed by atoms with E-state index in [1.807, 2.05) is 6.92 Å². The van der Waals surface area contributed by atoms with Gasteiger partial charge in [0.05, 0.1) is 5.02 Å². The molecule has 1 aromatic heterocycles. The lowest BCUT2D eigenvalue weighted by atomic mass is 9.90. The molecule has 0 saturated heterocycles. The molecule has 0 spiro atoms. The van der Waals surface area contributed by atoms with Crippen LogP contribution in [0.2, 0.25) is 5.02 Å². The smallest absolute Gasteiger partial charge is 0.408 e. The Morgan fingerprint density at radius 2 is 1.87 bits per heavy atom. The number of halogens is 1. The lowest BCUT2D eigenvalue weighted by Gasteiger charge is -2.23. The van der Waals surface area contributed by atoms with Gasteiger partial charge < -0.3 is 19.2 Å². The van der Waals surface area contributed by atoms with Crippen LogP contribution in [0.15, 0.2) is 21.3 Å². The lowest BCUT2D eigenvalue weighted by Crippen LogP contribution is -2.45. The Kier molecular flexibility index (Phi) is 6.94. The number of hydrogen-bond donors (Lipinski definition) is 1. The van der Waals surface area contributed by atoms with Crippen LogP contribution >= 0.6 is 11.6 Å². The van der Waals surface area contributed by atoms with Crippen molar-refractivity contribution in [1.82, 2.24) is 5.32 Å². The van der Waals surface area contributed by atoms with E-state index in [0.717, 1.165) is 30.2 Å². The van der Waals surface area contributed by atoms with Gasteiger partial charge in [0.15, 0.2) is 5.75 Å². The number of hydrogen-bond acceptors (Lipinski definition) is 6. The Morgan fingerprint density at radius 3 is 2.52 bits per heavy atom. The van der Waals surface area contributed by atoms with Crippen molar-refractivity contribution >= 4 is 34.6 Å². The molecule has 31 heavy (non-hydrogen) atoms. The number of ether oxygens (including phenoxy) is 2. The van der Waals surface area contributed by atoms with Gasteiger partial charge in [0.1, 0.15) is 17.2 Å². The van der Waals surface area contributed by atoms with Crippen molar-refractivity contribution in [2.45, 2.75) is 77.9 Å². The topological polar surface area (TPSA) is 94.8 Å². The van der Waals surface area contributed by atoms with Crippen LogP contribution in [0, 0.1) is 0 Å². The van der Waals surface area contributed by atoms with Crippen molar-refractivity contribution in [3.63, 3.8) is 0 Å². The first-order chi connectivity index (χ1) is 14.6. The summed E-state index contributed by atoms with van der Waals surface area (Å²) >= 11 is 6.40. The fourth-order valence-electron chi connectivity index (χ4n) is 3.69. The molecule has 0 saturated carbocycles. The van der Waals surface area contributed by atoms with Crippen molar-refractivity contribution in [1.29, 1.82) is 0 Å². The van der Waals surface area contributed by atoms with Gasteiger partial charge in [-0.25, -0.2) is 14.4 Å².